The van der Waals surface area contributed by atoms with E-state index in [2.05, 4.69) is 22.4 Å². The largest absolute Gasteiger partial charge is 0.485 e. The fourth-order valence-corrected chi connectivity index (χ4v) is 3.89. The summed E-state index contributed by atoms with van der Waals surface area (Å²) in [6.45, 7) is 4.46. The van der Waals surface area contributed by atoms with Gasteiger partial charge in [-0.05, 0) is 56.6 Å². The molecule has 2 heterocycles. The van der Waals surface area contributed by atoms with Gasteiger partial charge in [-0.3, -0.25) is 4.79 Å². The van der Waals surface area contributed by atoms with Gasteiger partial charge in [0.2, 0.25) is 0 Å². The third kappa shape index (κ3) is 3.69. The summed E-state index contributed by atoms with van der Waals surface area (Å²) in [6, 6.07) is 17.0. The van der Waals surface area contributed by atoms with Crippen LogP contribution in [0.25, 0.3) is 10.9 Å². The number of primary amides is 1. The zero-order valence-corrected chi connectivity index (χ0v) is 16.6. The van der Waals surface area contributed by atoms with Crippen molar-refractivity contribution in [1.29, 1.82) is 0 Å². The van der Waals surface area contributed by atoms with Crippen LogP contribution < -0.4 is 15.8 Å². The van der Waals surface area contributed by atoms with Crippen LogP contribution >= 0.6 is 0 Å². The van der Waals surface area contributed by atoms with E-state index in [0.29, 0.717) is 17.8 Å². The molecule has 0 saturated heterocycles. The fourth-order valence-electron chi connectivity index (χ4n) is 3.89. The van der Waals surface area contributed by atoms with Crippen molar-refractivity contribution in [2.75, 3.05) is 6.54 Å². The summed E-state index contributed by atoms with van der Waals surface area (Å²) in [7, 11) is 0. The molecule has 1 aliphatic rings. The average molecular weight is 391 g/mol. The molecular weight excluding hydrogens is 366 g/mol. The van der Waals surface area contributed by atoms with E-state index in [0.717, 1.165) is 17.4 Å². The number of hydrogen-bond acceptors (Lipinski definition) is 5. The minimum Gasteiger partial charge on any atom is -0.485 e. The number of amides is 1. The second-order valence-corrected chi connectivity index (χ2v) is 7.92. The van der Waals surface area contributed by atoms with Crippen molar-refractivity contribution in [1.82, 2.24) is 10.3 Å². The van der Waals surface area contributed by atoms with Gasteiger partial charge in [0.25, 0.3) is 5.91 Å². The highest BCUT2D eigenvalue weighted by Crippen LogP contribution is 2.43. The number of hydrogen-bond donors (Lipinski definition) is 3. The molecule has 6 nitrogen and oxygen atoms in total. The summed E-state index contributed by atoms with van der Waals surface area (Å²) in [6.07, 6.45) is 0.0855. The number of carbonyl (C=O) groups excluding carboxylic acids is 1. The molecule has 3 aromatic rings. The van der Waals surface area contributed by atoms with Crippen molar-refractivity contribution in [3.63, 3.8) is 0 Å². The first-order valence-electron chi connectivity index (χ1n) is 9.74. The van der Waals surface area contributed by atoms with Gasteiger partial charge in [0.15, 0.2) is 0 Å². The van der Waals surface area contributed by atoms with Gasteiger partial charge in [0.05, 0.1) is 11.6 Å². The van der Waals surface area contributed by atoms with E-state index in [9.17, 15) is 9.90 Å². The molecular formula is C23H25N3O3. The number of carbonyl (C=O) groups is 1. The third-order valence-electron chi connectivity index (χ3n) is 5.46. The predicted molar refractivity (Wildman–Crippen MR) is 112 cm³/mol. The number of aromatic nitrogens is 1. The zero-order valence-electron chi connectivity index (χ0n) is 16.6. The molecule has 6 heteroatoms. The normalized spacial score (nSPS) is 20.1. The number of fused-ring (bicyclic) bond motifs is 3. The summed E-state index contributed by atoms with van der Waals surface area (Å²) in [5.74, 6) is 0.137. The van der Waals surface area contributed by atoms with Crippen molar-refractivity contribution in [3.05, 3.63) is 71.4 Å². The van der Waals surface area contributed by atoms with Crippen LogP contribution in [0.5, 0.6) is 5.75 Å². The number of ether oxygens (including phenoxy) is 1. The summed E-state index contributed by atoms with van der Waals surface area (Å²) in [4.78, 5) is 15.9. The van der Waals surface area contributed by atoms with E-state index in [1.807, 2.05) is 50.2 Å². The van der Waals surface area contributed by atoms with E-state index in [-0.39, 0.29) is 11.7 Å². The lowest BCUT2D eigenvalue weighted by Gasteiger charge is -2.43. The topological polar surface area (TPSA) is 97.5 Å². The molecule has 0 unspecified atom stereocenters. The molecule has 1 amide bonds. The lowest BCUT2D eigenvalue weighted by molar-refractivity contribution is -0.0638. The number of nitrogens with zero attached hydrogens (tertiary/aromatic N) is 1. The molecule has 0 bridgehead atoms. The van der Waals surface area contributed by atoms with E-state index in [4.69, 9.17) is 10.5 Å². The van der Waals surface area contributed by atoms with Crippen molar-refractivity contribution in [2.24, 2.45) is 5.73 Å². The SMILES string of the molecule is CC1(C)Oc2ccc3nc(C(N)=O)ccc3c2[C@H](NCCc2ccccc2)[C@H]1O. The second kappa shape index (κ2) is 7.46. The molecule has 0 radical (unpaired) electrons. The number of nitrogens with two attached hydrogens (primary N) is 1. The summed E-state index contributed by atoms with van der Waals surface area (Å²) in [5.41, 5.74) is 7.56. The van der Waals surface area contributed by atoms with Crippen molar-refractivity contribution >= 4 is 16.8 Å². The lowest BCUT2D eigenvalue weighted by Crippen LogP contribution is -2.52. The average Bonchev–Trinajstić information content (AvgIpc) is 2.70. The molecule has 0 fully saturated rings. The standard InChI is InChI=1S/C23H25N3O3/c1-23(2)21(27)20(25-13-12-14-6-4-3-5-7-14)19-15-8-9-17(22(24)28)26-16(15)10-11-18(19)29-23/h3-11,20-21,25,27H,12-13H2,1-2H3,(H2,24,28)/t20-,21+/m0/s1. The lowest BCUT2D eigenvalue weighted by atomic mass is 9.84. The highest BCUT2D eigenvalue weighted by Gasteiger charge is 2.43. The van der Waals surface area contributed by atoms with Crippen LogP contribution in [0.4, 0.5) is 0 Å². The predicted octanol–water partition coefficient (Wildman–Crippen LogP) is 2.74. The van der Waals surface area contributed by atoms with Gasteiger partial charge in [0, 0.05) is 10.9 Å². The van der Waals surface area contributed by atoms with Crippen LogP contribution in [0.2, 0.25) is 0 Å². The number of aliphatic hydroxyl groups is 1. The van der Waals surface area contributed by atoms with E-state index in [1.54, 1.807) is 6.07 Å². The van der Waals surface area contributed by atoms with E-state index < -0.39 is 17.6 Å². The first kappa shape index (κ1) is 19.4. The molecule has 0 saturated carbocycles. The van der Waals surface area contributed by atoms with Crippen LogP contribution in [-0.2, 0) is 6.42 Å². The van der Waals surface area contributed by atoms with Crippen LogP contribution in [-0.4, -0.2) is 34.2 Å². The molecule has 1 aliphatic heterocycles. The van der Waals surface area contributed by atoms with Crippen molar-refractivity contribution in [2.45, 2.75) is 38.0 Å². The molecule has 4 N–H and O–H groups in total. The Morgan fingerprint density at radius 3 is 2.66 bits per heavy atom. The second-order valence-electron chi connectivity index (χ2n) is 7.92. The Kier molecular flexibility index (Phi) is 4.98. The fraction of sp³-hybridized carbons (Fsp3) is 0.304. The van der Waals surface area contributed by atoms with Crippen LogP contribution in [0.3, 0.4) is 0 Å². The Bertz CT molecular complexity index is 1050. The monoisotopic (exact) mass is 391 g/mol. The number of pyridine rings is 1. The van der Waals surface area contributed by atoms with E-state index >= 15 is 0 Å². The Hall–Kier alpha value is -2.96. The Morgan fingerprint density at radius 1 is 1.17 bits per heavy atom. The molecule has 0 spiro atoms. The Morgan fingerprint density at radius 2 is 1.93 bits per heavy atom. The van der Waals surface area contributed by atoms with Crippen LogP contribution in [0.1, 0.15) is 41.5 Å². The van der Waals surface area contributed by atoms with Gasteiger partial charge < -0.3 is 20.9 Å². The van der Waals surface area contributed by atoms with Gasteiger partial charge in [-0.25, -0.2) is 4.98 Å². The first-order chi connectivity index (χ1) is 13.9. The van der Waals surface area contributed by atoms with Crippen LogP contribution in [0.15, 0.2) is 54.6 Å². The maximum atomic E-state index is 11.5. The minimum atomic E-state index is -0.757. The number of nitrogens with one attached hydrogen (secondary N) is 1. The van der Waals surface area contributed by atoms with Gasteiger partial charge in [-0.2, -0.15) is 0 Å². The molecule has 1 aromatic heterocycles. The summed E-state index contributed by atoms with van der Waals surface area (Å²) >= 11 is 0. The molecule has 4 rings (SSSR count). The van der Waals surface area contributed by atoms with E-state index in [1.165, 1.54) is 5.56 Å². The highest BCUT2D eigenvalue weighted by atomic mass is 16.5. The third-order valence-corrected chi connectivity index (χ3v) is 5.46. The zero-order chi connectivity index (χ0) is 20.6. The summed E-state index contributed by atoms with van der Waals surface area (Å²) in [5, 5.41) is 15.4. The van der Waals surface area contributed by atoms with Gasteiger partial charge >= 0.3 is 0 Å². The maximum absolute atomic E-state index is 11.5. The molecule has 0 aliphatic carbocycles. The minimum absolute atomic E-state index is 0.212. The molecule has 2 atom stereocenters. The quantitative estimate of drug-likeness (QED) is 0.621. The number of benzene rings is 2. The molecule has 150 valence electrons. The van der Waals surface area contributed by atoms with Gasteiger partial charge in [-0.15, -0.1) is 0 Å². The van der Waals surface area contributed by atoms with Crippen molar-refractivity contribution in [3.8, 4) is 5.75 Å². The highest BCUT2D eigenvalue weighted by molar-refractivity contribution is 5.95. The van der Waals surface area contributed by atoms with Crippen molar-refractivity contribution < 1.29 is 14.6 Å². The Labute approximate surface area is 169 Å². The number of rotatable bonds is 5. The smallest absolute Gasteiger partial charge is 0.267 e. The first-order valence-corrected chi connectivity index (χ1v) is 9.74. The maximum Gasteiger partial charge on any atom is 0.267 e. The summed E-state index contributed by atoms with van der Waals surface area (Å²) < 4.78 is 6.10. The number of aliphatic hydroxyl groups excluding tert-OH is 1. The van der Waals surface area contributed by atoms with Gasteiger partial charge in [0.1, 0.15) is 23.1 Å². The van der Waals surface area contributed by atoms with Crippen LogP contribution in [0, 0.1) is 0 Å². The molecule has 29 heavy (non-hydrogen) atoms. The Balaban J connectivity index is 1.71. The molecule has 2 aromatic carbocycles. The van der Waals surface area contributed by atoms with Gasteiger partial charge in [-0.1, -0.05) is 30.3 Å².